The predicted octanol–water partition coefficient (Wildman–Crippen LogP) is 5.70. The van der Waals surface area contributed by atoms with Gasteiger partial charge in [0.1, 0.15) is 0 Å². The number of hydrogen-bond acceptors (Lipinski definition) is 2. The Labute approximate surface area is 178 Å². The maximum absolute atomic E-state index is 12.5. The minimum absolute atomic E-state index is 0.230. The standard InChI is InChI=1S/C22H19IN2OS/c1-14-13-20(15(2)12-19(14)23)24-22(27)25-21(26)18-10-8-17(9-11-18)16-6-4-3-5-7-16/h3-13H,1-2H3,(H2,24,25,26,27). The Morgan fingerprint density at radius 3 is 2.19 bits per heavy atom. The van der Waals surface area contributed by atoms with Crippen molar-refractivity contribution in [1.29, 1.82) is 0 Å². The summed E-state index contributed by atoms with van der Waals surface area (Å²) in [6, 6.07) is 21.7. The second-order valence-corrected chi connectivity index (χ2v) is 7.84. The lowest BCUT2D eigenvalue weighted by Crippen LogP contribution is -2.34. The second-order valence-electron chi connectivity index (χ2n) is 6.27. The van der Waals surface area contributed by atoms with Crippen LogP contribution in [-0.4, -0.2) is 11.0 Å². The summed E-state index contributed by atoms with van der Waals surface area (Å²) in [5, 5.41) is 6.14. The topological polar surface area (TPSA) is 41.1 Å². The van der Waals surface area contributed by atoms with Crippen molar-refractivity contribution in [3.63, 3.8) is 0 Å². The molecular weight excluding hydrogens is 467 g/mol. The summed E-state index contributed by atoms with van der Waals surface area (Å²) in [4.78, 5) is 12.5. The van der Waals surface area contributed by atoms with Gasteiger partial charge in [0.2, 0.25) is 0 Å². The fourth-order valence-corrected chi connectivity index (χ4v) is 3.51. The molecule has 5 heteroatoms. The molecule has 2 N–H and O–H groups in total. The first-order chi connectivity index (χ1) is 12.9. The Kier molecular flexibility index (Phi) is 6.23. The summed E-state index contributed by atoms with van der Waals surface area (Å²) < 4.78 is 1.20. The number of anilines is 1. The molecule has 0 aliphatic rings. The van der Waals surface area contributed by atoms with Crippen molar-refractivity contribution in [3.8, 4) is 11.1 Å². The molecule has 0 radical (unpaired) electrons. The van der Waals surface area contributed by atoms with E-state index in [2.05, 4.69) is 39.3 Å². The Hall–Kier alpha value is -2.25. The number of thiocarbonyl (C=S) groups is 1. The Balaban J connectivity index is 1.66. The Bertz CT molecular complexity index is 985. The van der Waals surface area contributed by atoms with Crippen LogP contribution in [0, 0.1) is 17.4 Å². The van der Waals surface area contributed by atoms with E-state index >= 15 is 0 Å². The minimum Gasteiger partial charge on any atom is -0.332 e. The highest BCUT2D eigenvalue weighted by molar-refractivity contribution is 14.1. The van der Waals surface area contributed by atoms with E-state index in [0.29, 0.717) is 5.56 Å². The van der Waals surface area contributed by atoms with E-state index < -0.39 is 0 Å². The van der Waals surface area contributed by atoms with E-state index in [1.54, 1.807) is 12.1 Å². The summed E-state index contributed by atoms with van der Waals surface area (Å²) in [5.74, 6) is -0.230. The average molecular weight is 486 g/mol. The summed E-state index contributed by atoms with van der Waals surface area (Å²) in [6.07, 6.45) is 0. The number of aryl methyl sites for hydroxylation is 2. The van der Waals surface area contributed by atoms with Crippen LogP contribution in [-0.2, 0) is 0 Å². The van der Waals surface area contributed by atoms with E-state index in [1.807, 2.05) is 62.4 Å². The van der Waals surface area contributed by atoms with Crippen LogP contribution in [0.3, 0.4) is 0 Å². The van der Waals surface area contributed by atoms with Crippen LogP contribution in [0.25, 0.3) is 11.1 Å². The van der Waals surface area contributed by atoms with Gasteiger partial charge in [-0.15, -0.1) is 0 Å². The largest absolute Gasteiger partial charge is 0.332 e. The van der Waals surface area contributed by atoms with Gasteiger partial charge in [-0.25, -0.2) is 0 Å². The van der Waals surface area contributed by atoms with E-state index in [9.17, 15) is 4.79 Å². The van der Waals surface area contributed by atoms with Crippen LogP contribution in [0.4, 0.5) is 5.69 Å². The van der Waals surface area contributed by atoms with Gasteiger partial charge in [-0.05, 0) is 95.2 Å². The van der Waals surface area contributed by atoms with E-state index in [4.69, 9.17) is 12.2 Å². The highest BCUT2D eigenvalue weighted by Crippen LogP contribution is 2.22. The van der Waals surface area contributed by atoms with E-state index in [1.165, 1.54) is 3.57 Å². The average Bonchev–Trinajstić information content (AvgIpc) is 2.67. The van der Waals surface area contributed by atoms with Crippen LogP contribution in [0.15, 0.2) is 66.7 Å². The first kappa shape index (κ1) is 19.5. The monoisotopic (exact) mass is 486 g/mol. The molecule has 0 aliphatic carbocycles. The highest BCUT2D eigenvalue weighted by atomic mass is 127. The van der Waals surface area contributed by atoms with Gasteiger partial charge < -0.3 is 5.32 Å². The number of hydrogen-bond donors (Lipinski definition) is 2. The molecule has 1 amide bonds. The SMILES string of the molecule is Cc1cc(NC(=S)NC(=O)c2ccc(-c3ccccc3)cc2)c(C)cc1I. The predicted molar refractivity (Wildman–Crippen MR) is 124 cm³/mol. The lowest BCUT2D eigenvalue weighted by atomic mass is 10.0. The molecule has 0 saturated heterocycles. The Morgan fingerprint density at radius 1 is 0.889 bits per heavy atom. The van der Waals surface area contributed by atoms with Gasteiger partial charge in [0, 0.05) is 14.8 Å². The molecule has 27 heavy (non-hydrogen) atoms. The van der Waals surface area contributed by atoms with Crippen molar-refractivity contribution in [3.05, 3.63) is 87.0 Å². The first-order valence-corrected chi connectivity index (χ1v) is 9.97. The first-order valence-electron chi connectivity index (χ1n) is 8.48. The van der Waals surface area contributed by atoms with Crippen molar-refractivity contribution < 1.29 is 4.79 Å². The van der Waals surface area contributed by atoms with Crippen LogP contribution in [0.2, 0.25) is 0 Å². The van der Waals surface area contributed by atoms with Gasteiger partial charge in [0.15, 0.2) is 5.11 Å². The molecule has 0 unspecified atom stereocenters. The Morgan fingerprint density at radius 2 is 1.52 bits per heavy atom. The molecule has 0 saturated carbocycles. The minimum atomic E-state index is -0.230. The zero-order chi connectivity index (χ0) is 19.4. The molecule has 0 fully saturated rings. The molecule has 0 aliphatic heterocycles. The third-order valence-corrected chi connectivity index (χ3v) is 5.60. The second kappa shape index (κ2) is 8.63. The van der Waals surface area contributed by atoms with Gasteiger partial charge in [-0.1, -0.05) is 42.5 Å². The summed E-state index contributed by atoms with van der Waals surface area (Å²) in [6.45, 7) is 4.05. The van der Waals surface area contributed by atoms with Crippen molar-refractivity contribution in [2.75, 3.05) is 5.32 Å². The lowest BCUT2D eigenvalue weighted by molar-refractivity contribution is 0.0978. The molecule has 0 aromatic heterocycles. The van der Waals surface area contributed by atoms with Crippen molar-refractivity contribution in [2.45, 2.75) is 13.8 Å². The molecule has 0 spiro atoms. The van der Waals surface area contributed by atoms with Gasteiger partial charge in [0.25, 0.3) is 5.91 Å². The van der Waals surface area contributed by atoms with Gasteiger partial charge in [-0.2, -0.15) is 0 Å². The molecule has 3 rings (SSSR count). The van der Waals surface area contributed by atoms with Crippen LogP contribution in [0.1, 0.15) is 21.5 Å². The lowest BCUT2D eigenvalue weighted by Gasteiger charge is -2.13. The maximum atomic E-state index is 12.5. The fraction of sp³-hybridized carbons (Fsp3) is 0.0909. The molecule has 0 atom stereocenters. The third kappa shape index (κ3) is 4.93. The summed E-state index contributed by atoms with van der Waals surface area (Å²) >= 11 is 7.61. The van der Waals surface area contributed by atoms with E-state index in [-0.39, 0.29) is 11.0 Å². The van der Waals surface area contributed by atoms with Crippen LogP contribution in [0.5, 0.6) is 0 Å². The molecule has 136 valence electrons. The molecule has 0 heterocycles. The van der Waals surface area contributed by atoms with Crippen molar-refractivity contribution >= 4 is 51.5 Å². The van der Waals surface area contributed by atoms with Crippen LogP contribution >= 0.6 is 34.8 Å². The molecule has 3 nitrogen and oxygen atoms in total. The van der Waals surface area contributed by atoms with Crippen molar-refractivity contribution in [2.24, 2.45) is 0 Å². The van der Waals surface area contributed by atoms with Crippen LogP contribution < -0.4 is 10.6 Å². The van der Waals surface area contributed by atoms with Gasteiger partial charge in [0.05, 0.1) is 0 Å². The number of amides is 1. The quantitative estimate of drug-likeness (QED) is 0.369. The summed E-state index contributed by atoms with van der Waals surface area (Å²) in [5.41, 5.74) is 5.89. The maximum Gasteiger partial charge on any atom is 0.257 e. The normalized spacial score (nSPS) is 10.3. The molecular formula is C22H19IN2OS. The fourth-order valence-electron chi connectivity index (χ4n) is 2.69. The van der Waals surface area contributed by atoms with Crippen molar-refractivity contribution in [1.82, 2.24) is 5.32 Å². The zero-order valence-electron chi connectivity index (χ0n) is 15.0. The number of rotatable bonds is 3. The van der Waals surface area contributed by atoms with Gasteiger partial charge >= 0.3 is 0 Å². The number of halogens is 1. The molecule has 0 bridgehead atoms. The summed E-state index contributed by atoms with van der Waals surface area (Å²) in [7, 11) is 0. The number of carbonyl (C=O) groups is 1. The molecule has 3 aromatic carbocycles. The number of carbonyl (C=O) groups excluding carboxylic acids is 1. The zero-order valence-corrected chi connectivity index (χ0v) is 18.0. The smallest absolute Gasteiger partial charge is 0.257 e. The van der Waals surface area contributed by atoms with E-state index in [0.717, 1.165) is 27.9 Å². The highest BCUT2D eigenvalue weighted by Gasteiger charge is 2.10. The number of nitrogens with one attached hydrogen (secondary N) is 2. The number of benzene rings is 3. The molecule has 3 aromatic rings. The third-order valence-electron chi connectivity index (χ3n) is 4.24. The van der Waals surface area contributed by atoms with Gasteiger partial charge in [-0.3, -0.25) is 10.1 Å².